The van der Waals surface area contributed by atoms with Crippen molar-refractivity contribution in [2.45, 2.75) is 19.4 Å². The van der Waals surface area contributed by atoms with Gasteiger partial charge in [0, 0.05) is 31.6 Å². The Morgan fingerprint density at radius 3 is 2.74 bits per heavy atom. The van der Waals surface area contributed by atoms with Gasteiger partial charge in [0.05, 0.1) is 6.10 Å². The minimum Gasteiger partial charge on any atom is -0.380 e. The first-order valence-electron chi connectivity index (χ1n) is 6.54. The topological polar surface area (TPSA) is 41.6 Å². The van der Waals surface area contributed by atoms with Crippen LogP contribution in [0.15, 0.2) is 36.4 Å². The molecule has 102 valence electrons. The molecule has 4 nitrogen and oxygen atoms in total. The first-order chi connectivity index (χ1) is 9.22. The van der Waals surface area contributed by atoms with Gasteiger partial charge in [-0.25, -0.2) is 0 Å². The second kappa shape index (κ2) is 6.38. The standard InChI is InChI=1S/C15H20N2O2/c1-3-4-15(18)16-12-5-7-13(8-6-12)17-10-9-14(11-17)19-2/h3-8,14H,9-11H2,1-2H3,(H,16,18)/b4-3+. The number of methoxy groups -OCH3 is 1. The smallest absolute Gasteiger partial charge is 0.248 e. The second-order valence-electron chi connectivity index (χ2n) is 4.63. The Morgan fingerprint density at radius 1 is 1.42 bits per heavy atom. The third-order valence-electron chi connectivity index (χ3n) is 3.30. The monoisotopic (exact) mass is 260 g/mol. The molecule has 1 aliphatic heterocycles. The van der Waals surface area contributed by atoms with E-state index in [9.17, 15) is 4.79 Å². The molecular weight excluding hydrogens is 240 g/mol. The fourth-order valence-electron chi connectivity index (χ4n) is 2.25. The average Bonchev–Trinajstić information content (AvgIpc) is 2.88. The van der Waals surface area contributed by atoms with Gasteiger partial charge in [0.1, 0.15) is 0 Å². The first kappa shape index (κ1) is 13.6. The number of hydrogen-bond acceptors (Lipinski definition) is 3. The number of ether oxygens (including phenoxy) is 1. The molecular formula is C15H20N2O2. The van der Waals surface area contributed by atoms with E-state index < -0.39 is 0 Å². The summed E-state index contributed by atoms with van der Waals surface area (Å²) in [5, 5.41) is 2.81. The van der Waals surface area contributed by atoms with Gasteiger partial charge in [-0.15, -0.1) is 0 Å². The Hall–Kier alpha value is -1.81. The normalized spacial score (nSPS) is 19.1. The van der Waals surface area contributed by atoms with Crippen LogP contribution in [-0.4, -0.2) is 32.2 Å². The fourth-order valence-corrected chi connectivity index (χ4v) is 2.25. The van der Waals surface area contributed by atoms with E-state index in [0.717, 1.165) is 25.2 Å². The molecule has 1 heterocycles. The minimum atomic E-state index is -0.101. The molecule has 1 saturated heterocycles. The number of benzene rings is 1. The van der Waals surface area contributed by atoms with Crippen LogP contribution in [0.5, 0.6) is 0 Å². The van der Waals surface area contributed by atoms with E-state index in [4.69, 9.17) is 4.74 Å². The predicted molar refractivity (Wildman–Crippen MR) is 77.5 cm³/mol. The largest absolute Gasteiger partial charge is 0.380 e. The summed E-state index contributed by atoms with van der Waals surface area (Å²) in [4.78, 5) is 13.7. The minimum absolute atomic E-state index is 0.101. The van der Waals surface area contributed by atoms with Gasteiger partial charge in [0.25, 0.3) is 0 Å². The Kier molecular flexibility index (Phi) is 4.58. The molecule has 0 aromatic heterocycles. The van der Waals surface area contributed by atoms with Gasteiger partial charge in [-0.1, -0.05) is 6.08 Å². The van der Waals surface area contributed by atoms with Crippen LogP contribution in [-0.2, 0) is 9.53 Å². The van der Waals surface area contributed by atoms with Gasteiger partial charge in [-0.05, 0) is 43.7 Å². The van der Waals surface area contributed by atoms with E-state index in [0.29, 0.717) is 6.10 Å². The van der Waals surface area contributed by atoms with Crippen molar-refractivity contribution in [1.29, 1.82) is 0 Å². The number of rotatable bonds is 4. The number of anilines is 2. The molecule has 19 heavy (non-hydrogen) atoms. The molecule has 0 spiro atoms. The number of hydrogen-bond donors (Lipinski definition) is 1. The van der Waals surface area contributed by atoms with Gasteiger partial charge < -0.3 is 15.0 Å². The Morgan fingerprint density at radius 2 is 2.16 bits per heavy atom. The molecule has 0 aliphatic carbocycles. The molecule has 1 aromatic rings. The van der Waals surface area contributed by atoms with Crippen molar-refractivity contribution in [2.24, 2.45) is 0 Å². The molecule has 1 fully saturated rings. The summed E-state index contributed by atoms with van der Waals surface area (Å²) < 4.78 is 5.36. The summed E-state index contributed by atoms with van der Waals surface area (Å²) in [5.41, 5.74) is 1.98. The molecule has 1 atom stereocenters. The number of carbonyl (C=O) groups excluding carboxylic acids is 1. The average molecular weight is 260 g/mol. The maximum atomic E-state index is 11.4. The van der Waals surface area contributed by atoms with Crippen LogP contribution in [0, 0.1) is 0 Å². The van der Waals surface area contributed by atoms with E-state index in [1.807, 2.05) is 31.2 Å². The van der Waals surface area contributed by atoms with E-state index in [1.54, 1.807) is 13.2 Å². The van der Waals surface area contributed by atoms with Crippen molar-refractivity contribution in [2.75, 3.05) is 30.4 Å². The van der Waals surface area contributed by atoms with Gasteiger partial charge in [0.15, 0.2) is 0 Å². The third-order valence-corrected chi connectivity index (χ3v) is 3.30. The highest BCUT2D eigenvalue weighted by molar-refractivity contribution is 5.99. The quantitative estimate of drug-likeness (QED) is 0.845. The number of amides is 1. The molecule has 4 heteroatoms. The molecule has 2 rings (SSSR count). The summed E-state index contributed by atoms with van der Waals surface area (Å²) in [7, 11) is 1.76. The fraction of sp³-hybridized carbons (Fsp3) is 0.400. The van der Waals surface area contributed by atoms with Crippen LogP contribution < -0.4 is 10.2 Å². The number of allylic oxidation sites excluding steroid dienone is 1. The van der Waals surface area contributed by atoms with Crippen molar-refractivity contribution in [3.05, 3.63) is 36.4 Å². The highest BCUT2D eigenvalue weighted by atomic mass is 16.5. The molecule has 1 amide bonds. The molecule has 1 unspecified atom stereocenters. The summed E-state index contributed by atoms with van der Waals surface area (Å²) >= 11 is 0. The van der Waals surface area contributed by atoms with Crippen LogP contribution in [0.2, 0.25) is 0 Å². The van der Waals surface area contributed by atoms with E-state index in [-0.39, 0.29) is 5.91 Å². The molecule has 0 radical (unpaired) electrons. The Bertz CT molecular complexity index is 454. The van der Waals surface area contributed by atoms with E-state index in [1.165, 1.54) is 11.8 Å². The highest BCUT2D eigenvalue weighted by Crippen LogP contribution is 2.23. The van der Waals surface area contributed by atoms with Crippen LogP contribution in [0.3, 0.4) is 0 Å². The highest BCUT2D eigenvalue weighted by Gasteiger charge is 2.21. The number of nitrogens with zero attached hydrogens (tertiary/aromatic N) is 1. The lowest BCUT2D eigenvalue weighted by Crippen LogP contribution is -2.22. The molecule has 1 aromatic carbocycles. The Labute approximate surface area is 114 Å². The lowest BCUT2D eigenvalue weighted by molar-refractivity contribution is -0.111. The lowest BCUT2D eigenvalue weighted by atomic mass is 10.2. The Balaban J connectivity index is 1.97. The maximum absolute atomic E-state index is 11.4. The summed E-state index contributed by atoms with van der Waals surface area (Å²) in [6, 6.07) is 7.92. The van der Waals surface area contributed by atoms with Crippen LogP contribution >= 0.6 is 0 Å². The molecule has 1 aliphatic rings. The summed E-state index contributed by atoms with van der Waals surface area (Å²) in [6.07, 6.45) is 4.63. The van der Waals surface area contributed by atoms with E-state index >= 15 is 0 Å². The SMILES string of the molecule is C/C=C/C(=O)Nc1ccc(N2CCC(OC)C2)cc1. The van der Waals surface area contributed by atoms with Gasteiger partial charge in [-0.3, -0.25) is 4.79 Å². The van der Waals surface area contributed by atoms with Crippen molar-refractivity contribution >= 4 is 17.3 Å². The first-order valence-corrected chi connectivity index (χ1v) is 6.54. The van der Waals surface area contributed by atoms with Crippen molar-refractivity contribution in [3.63, 3.8) is 0 Å². The lowest BCUT2D eigenvalue weighted by Gasteiger charge is -2.18. The zero-order valence-corrected chi connectivity index (χ0v) is 11.4. The van der Waals surface area contributed by atoms with E-state index in [2.05, 4.69) is 10.2 Å². The number of nitrogens with one attached hydrogen (secondary N) is 1. The van der Waals surface area contributed by atoms with Crippen molar-refractivity contribution in [3.8, 4) is 0 Å². The number of carbonyl (C=O) groups is 1. The van der Waals surface area contributed by atoms with Gasteiger partial charge >= 0.3 is 0 Å². The van der Waals surface area contributed by atoms with Gasteiger partial charge in [-0.2, -0.15) is 0 Å². The molecule has 1 N–H and O–H groups in total. The van der Waals surface area contributed by atoms with Crippen LogP contribution in [0.25, 0.3) is 0 Å². The third kappa shape index (κ3) is 3.58. The molecule has 0 saturated carbocycles. The van der Waals surface area contributed by atoms with Crippen LogP contribution in [0.1, 0.15) is 13.3 Å². The van der Waals surface area contributed by atoms with Gasteiger partial charge in [0.2, 0.25) is 5.91 Å². The summed E-state index contributed by atoms with van der Waals surface area (Å²) in [6.45, 7) is 3.77. The van der Waals surface area contributed by atoms with Crippen LogP contribution in [0.4, 0.5) is 11.4 Å². The zero-order valence-electron chi connectivity index (χ0n) is 11.4. The summed E-state index contributed by atoms with van der Waals surface area (Å²) in [5.74, 6) is -0.101. The second-order valence-corrected chi connectivity index (χ2v) is 4.63. The zero-order chi connectivity index (χ0) is 13.7. The van der Waals surface area contributed by atoms with Crippen molar-refractivity contribution in [1.82, 2.24) is 0 Å². The predicted octanol–water partition coefficient (Wildman–Crippen LogP) is 2.43. The molecule has 0 bridgehead atoms. The van der Waals surface area contributed by atoms with Crippen molar-refractivity contribution < 1.29 is 9.53 Å². The maximum Gasteiger partial charge on any atom is 0.248 e.